The summed E-state index contributed by atoms with van der Waals surface area (Å²) in [5.41, 5.74) is 4.94. The van der Waals surface area contributed by atoms with Crippen LogP contribution in [0.2, 0.25) is 0 Å². The summed E-state index contributed by atoms with van der Waals surface area (Å²) in [7, 11) is 6.55. The number of nitrogens with zero attached hydrogens (tertiary/aromatic N) is 3. The highest BCUT2D eigenvalue weighted by Gasteiger charge is 2.57. The van der Waals surface area contributed by atoms with Crippen LogP contribution in [0.4, 0.5) is 4.39 Å². The Morgan fingerprint density at radius 3 is 2.32 bits per heavy atom. The van der Waals surface area contributed by atoms with Crippen molar-refractivity contribution >= 4 is 16.8 Å². The summed E-state index contributed by atoms with van der Waals surface area (Å²) < 4.78 is 31.4. The Morgan fingerprint density at radius 1 is 1.00 bits per heavy atom. The van der Waals surface area contributed by atoms with Crippen molar-refractivity contribution < 1.29 is 38.7 Å². The van der Waals surface area contributed by atoms with Crippen LogP contribution >= 0.6 is 0 Å². The van der Waals surface area contributed by atoms with E-state index in [1.807, 2.05) is 18.9 Å². The number of H-pyrrole nitrogens is 1. The fraction of sp³-hybridized carbons (Fsp3) is 0.405. The SMILES string of the molecule is COc1c(C)c(OC)c2c(c1O)[C@H]1[C@@H]3Cc4c(OC)c(C)c(CO)c(O)c4[C@H](CNC(=O)c4cc5cc(F)ccc5[nH]4)N3[C@@H](C#N)[C@H](C2)N1C. The van der Waals surface area contributed by atoms with Gasteiger partial charge in [0.15, 0.2) is 11.5 Å². The molecule has 3 aromatic carbocycles. The Kier molecular flexibility index (Phi) is 8.29. The van der Waals surface area contributed by atoms with Gasteiger partial charge in [0, 0.05) is 68.5 Å². The van der Waals surface area contributed by atoms with Gasteiger partial charge in [-0.1, -0.05) is 0 Å². The number of aromatic amines is 1. The smallest absolute Gasteiger partial charge is 0.267 e. The maximum Gasteiger partial charge on any atom is 0.267 e. The van der Waals surface area contributed by atoms with Crippen LogP contribution in [0.15, 0.2) is 24.3 Å². The second-order valence-corrected chi connectivity index (χ2v) is 13.3. The number of methoxy groups -OCH3 is 3. The van der Waals surface area contributed by atoms with Gasteiger partial charge in [-0.2, -0.15) is 5.26 Å². The number of phenolic OH excluding ortho intramolecular Hbond substituents is 1. The molecule has 4 aromatic rings. The molecular formula is C37H40FN5O7. The van der Waals surface area contributed by atoms with Crippen LogP contribution in [0.3, 0.4) is 0 Å². The van der Waals surface area contributed by atoms with E-state index in [2.05, 4.69) is 21.3 Å². The minimum atomic E-state index is -0.754. The van der Waals surface area contributed by atoms with E-state index in [0.29, 0.717) is 74.4 Å². The molecule has 0 spiro atoms. The van der Waals surface area contributed by atoms with Crippen LogP contribution in [0.5, 0.6) is 28.7 Å². The predicted molar refractivity (Wildman–Crippen MR) is 181 cm³/mol. The van der Waals surface area contributed by atoms with Gasteiger partial charge < -0.3 is 39.8 Å². The quantitative estimate of drug-likeness (QED) is 0.192. The number of rotatable bonds is 7. The van der Waals surface area contributed by atoms with Crippen LogP contribution in [0.1, 0.15) is 61.5 Å². The number of fused-ring (bicyclic) bond motifs is 8. The third kappa shape index (κ3) is 4.70. The largest absolute Gasteiger partial charge is 0.507 e. The summed E-state index contributed by atoms with van der Waals surface area (Å²) in [6.07, 6.45) is 0.696. The van der Waals surface area contributed by atoms with Gasteiger partial charge in [-0.15, -0.1) is 0 Å². The van der Waals surface area contributed by atoms with Gasteiger partial charge in [-0.25, -0.2) is 4.39 Å². The predicted octanol–water partition coefficient (Wildman–Crippen LogP) is 4.05. The number of nitriles is 1. The molecule has 4 heterocycles. The molecule has 0 radical (unpaired) electrons. The van der Waals surface area contributed by atoms with Crippen LogP contribution in [-0.2, 0) is 19.4 Å². The molecule has 0 unspecified atom stereocenters. The van der Waals surface area contributed by atoms with Crippen molar-refractivity contribution in [2.45, 2.75) is 63.5 Å². The van der Waals surface area contributed by atoms with Crippen LogP contribution < -0.4 is 19.5 Å². The molecule has 3 aliphatic heterocycles. The lowest BCUT2D eigenvalue weighted by Gasteiger charge is -2.60. The number of halogens is 1. The number of carbonyl (C=O) groups is 1. The highest BCUT2D eigenvalue weighted by atomic mass is 19.1. The molecule has 12 nitrogen and oxygen atoms in total. The highest BCUT2D eigenvalue weighted by Crippen LogP contribution is 2.58. The Morgan fingerprint density at radius 2 is 1.66 bits per heavy atom. The molecule has 262 valence electrons. The normalized spacial score (nSPS) is 22.7. The maximum absolute atomic E-state index is 13.9. The van der Waals surface area contributed by atoms with E-state index in [-0.39, 0.29) is 29.8 Å². The van der Waals surface area contributed by atoms with Gasteiger partial charge in [0.05, 0.1) is 46.1 Å². The van der Waals surface area contributed by atoms with E-state index in [1.165, 1.54) is 26.4 Å². The average Bonchev–Trinajstić information content (AvgIpc) is 3.52. The molecule has 3 aliphatic rings. The van der Waals surface area contributed by atoms with Gasteiger partial charge >= 0.3 is 0 Å². The van der Waals surface area contributed by atoms with Gasteiger partial charge in [0.2, 0.25) is 0 Å². The standard InChI is InChI=1S/C37H40FN5O7/c1-16-22(15-44)32(45)29-20(34(16)48-4)12-26-31-30-21(35(49-5)17(2)36(50-6)33(30)46)11-25(42(31)3)27(13-39)43(26)28(29)14-40-37(47)24-10-18-9-19(38)7-8-23(18)41-24/h7-10,25-28,31,41,44-46H,11-12,14-15H2,1-6H3,(H,40,47)/t25-,26-,27-,28-,31+/m0/s1. The summed E-state index contributed by atoms with van der Waals surface area (Å²) in [5.74, 6) is 0.392. The lowest BCUT2D eigenvalue weighted by atomic mass is 9.71. The number of phenols is 2. The molecule has 1 fully saturated rings. The first kappa shape index (κ1) is 33.5. The van der Waals surface area contributed by atoms with Crippen molar-refractivity contribution in [3.8, 4) is 34.8 Å². The number of ether oxygens (including phenoxy) is 3. The molecule has 1 saturated heterocycles. The molecule has 7 rings (SSSR count). The highest BCUT2D eigenvalue weighted by molar-refractivity contribution is 5.98. The number of hydrogen-bond acceptors (Lipinski definition) is 10. The Balaban J connectivity index is 1.41. The molecule has 5 N–H and O–H groups in total. The second kappa shape index (κ2) is 12.4. The van der Waals surface area contributed by atoms with Crippen molar-refractivity contribution in [3.05, 3.63) is 74.7 Å². The van der Waals surface area contributed by atoms with Crippen LogP contribution in [0.25, 0.3) is 10.9 Å². The summed E-state index contributed by atoms with van der Waals surface area (Å²) in [6.45, 7) is 3.12. The Labute approximate surface area is 288 Å². The molecule has 1 aromatic heterocycles. The minimum Gasteiger partial charge on any atom is -0.507 e. The topological polar surface area (TPSA) is 164 Å². The third-order valence-electron chi connectivity index (χ3n) is 11.1. The van der Waals surface area contributed by atoms with Crippen molar-refractivity contribution in [3.63, 3.8) is 0 Å². The number of hydrogen-bond donors (Lipinski definition) is 5. The first-order valence-electron chi connectivity index (χ1n) is 16.4. The molecule has 0 aliphatic carbocycles. The summed E-state index contributed by atoms with van der Waals surface area (Å²) in [6, 6.07) is 5.57. The van der Waals surface area contributed by atoms with Crippen molar-refractivity contribution in [1.82, 2.24) is 20.1 Å². The zero-order valence-electron chi connectivity index (χ0n) is 28.7. The lowest BCUT2D eigenvalue weighted by Crippen LogP contribution is -2.68. The zero-order chi connectivity index (χ0) is 35.8. The molecule has 1 amide bonds. The van der Waals surface area contributed by atoms with Crippen LogP contribution in [0, 0.1) is 31.0 Å². The van der Waals surface area contributed by atoms with Crippen molar-refractivity contribution in [1.29, 1.82) is 5.26 Å². The number of likely N-dealkylation sites (N-methyl/N-ethyl adjacent to an activating group) is 1. The van der Waals surface area contributed by atoms with Gasteiger partial charge in [-0.3, -0.25) is 14.6 Å². The maximum atomic E-state index is 13.9. The Bertz CT molecular complexity index is 2090. The lowest BCUT2D eigenvalue weighted by molar-refractivity contribution is -0.0724. The third-order valence-corrected chi connectivity index (χ3v) is 11.1. The number of piperazine rings is 1. The summed E-state index contributed by atoms with van der Waals surface area (Å²) >= 11 is 0. The zero-order valence-corrected chi connectivity index (χ0v) is 28.7. The number of benzene rings is 3. The molecule has 50 heavy (non-hydrogen) atoms. The number of aliphatic hydroxyl groups is 1. The number of aliphatic hydroxyl groups excluding tert-OH is 1. The Hall–Kier alpha value is -5.03. The van der Waals surface area contributed by atoms with Crippen molar-refractivity contribution in [2.24, 2.45) is 0 Å². The van der Waals surface area contributed by atoms with Gasteiger partial charge in [0.1, 0.15) is 34.8 Å². The number of amides is 1. The molecule has 5 atom stereocenters. The monoisotopic (exact) mass is 685 g/mol. The second-order valence-electron chi connectivity index (χ2n) is 13.3. The number of aromatic nitrogens is 1. The fourth-order valence-electron chi connectivity index (χ4n) is 8.94. The van der Waals surface area contributed by atoms with Crippen LogP contribution in [-0.4, -0.2) is 89.1 Å². The molecule has 2 bridgehead atoms. The van der Waals surface area contributed by atoms with Gasteiger partial charge in [0.25, 0.3) is 5.91 Å². The van der Waals surface area contributed by atoms with E-state index < -0.39 is 42.5 Å². The first-order valence-corrected chi connectivity index (χ1v) is 16.4. The number of aromatic hydroxyl groups is 2. The number of carbonyl (C=O) groups excluding carboxylic acids is 1. The van der Waals surface area contributed by atoms with E-state index in [1.54, 1.807) is 26.2 Å². The average molecular weight is 686 g/mol. The summed E-state index contributed by atoms with van der Waals surface area (Å²) in [5, 5.41) is 48.4. The van der Waals surface area contributed by atoms with E-state index in [4.69, 9.17) is 14.2 Å². The molecule has 13 heteroatoms. The van der Waals surface area contributed by atoms with E-state index in [0.717, 1.165) is 5.56 Å². The molecule has 0 saturated carbocycles. The van der Waals surface area contributed by atoms with E-state index in [9.17, 15) is 29.8 Å². The summed E-state index contributed by atoms with van der Waals surface area (Å²) in [4.78, 5) is 20.9. The van der Waals surface area contributed by atoms with E-state index >= 15 is 0 Å². The first-order chi connectivity index (χ1) is 24.0. The van der Waals surface area contributed by atoms with Crippen molar-refractivity contribution in [2.75, 3.05) is 34.9 Å². The number of nitrogens with one attached hydrogen (secondary N) is 2. The fourth-order valence-corrected chi connectivity index (χ4v) is 8.94. The molecular weight excluding hydrogens is 645 g/mol. The van der Waals surface area contributed by atoms with Gasteiger partial charge in [-0.05, 0) is 58.0 Å². The minimum absolute atomic E-state index is 0.000948.